The summed E-state index contributed by atoms with van der Waals surface area (Å²) in [5.41, 5.74) is 5.88. The Morgan fingerprint density at radius 3 is 2.75 bits per heavy atom. The number of furan rings is 1. The summed E-state index contributed by atoms with van der Waals surface area (Å²) in [7, 11) is 0. The van der Waals surface area contributed by atoms with Gasteiger partial charge in [0.1, 0.15) is 5.76 Å². The second kappa shape index (κ2) is 5.83. The number of nitrogens with two attached hydrogens (primary N) is 1. The number of rotatable bonds is 4. The SMILES string of the molecule is NC1C=CC(C(=O)N(Cc2ccco2)C2CCCC2)C1. The minimum atomic E-state index is -0.0550. The summed E-state index contributed by atoms with van der Waals surface area (Å²) in [5.74, 6) is 1.01. The lowest BCUT2D eigenvalue weighted by Gasteiger charge is -2.30. The standard InChI is InChI=1S/C16H22N2O2/c17-13-8-7-12(10-13)16(19)18(14-4-1-2-5-14)11-15-6-3-9-20-15/h3,6-9,12-14H,1-2,4-5,10-11,17H2. The second-order valence-electron chi connectivity index (χ2n) is 5.87. The number of nitrogens with zero attached hydrogens (tertiary/aromatic N) is 1. The first-order valence-electron chi connectivity index (χ1n) is 7.51. The molecule has 1 fully saturated rings. The van der Waals surface area contributed by atoms with E-state index in [1.54, 1.807) is 6.26 Å². The Balaban J connectivity index is 1.74. The number of hydrogen-bond donors (Lipinski definition) is 1. The van der Waals surface area contributed by atoms with E-state index in [0.717, 1.165) is 25.0 Å². The molecule has 2 aliphatic carbocycles. The van der Waals surface area contributed by atoms with Gasteiger partial charge in [-0.3, -0.25) is 4.79 Å². The van der Waals surface area contributed by atoms with Gasteiger partial charge in [-0.05, 0) is 31.4 Å². The normalized spacial score (nSPS) is 26.2. The number of carbonyl (C=O) groups excluding carboxylic acids is 1. The molecule has 0 radical (unpaired) electrons. The average Bonchev–Trinajstić information content (AvgIpc) is 3.17. The van der Waals surface area contributed by atoms with Gasteiger partial charge < -0.3 is 15.1 Å². The average molecular weight is 274 g/mol. The smallest absolute Gasteiger partial charge is 0.230 e. The van der Waals surface area contributed by atoms with Crippen molar-refractivity contribution in [2.24, 2.45) is 11.7 Å². The van der Waals surface area contributed by atoms with E-state index in [0.29, 0.717) is 12.6 Å². The lowest BCUT2D eigenvalue weighted by atomic mass is 10.0. The first-order valence-corrected chi connectivity index (χ1v) is 7.51. The zero-order valence-electron chi connectivity index (χ0n) is 11.7. The van der Waals surface area contributed by atoms with Crippen molar-refractivity contribution in [3.8, 4) is 0 Å². The van der Waals surface area contributed by atoms with Crippen molar-refractivity contribution in [1.29, 1.82) is 0 Å². The van der Waals surface area contributed by atoms with Crippen molar-refractivity contribution in [1.82, 2.24) is 4.90 Å². The summed E-state index contributed by atoms with van der Waals surface area (Å²) in [4.78, 5) is 14.8. The molecule has 2 aliphatic rings. The van der Waals surface area contributed by atoms with E-state index in [1.807, 2.05) is 29.2 Å². The van der Waals surface area contributed by atoms with Crippen molar-refractivity contribution in [3.63, 3.8) is 0 Å². The van der Waals surface area contributed by atoms with Crippen LogP contribution in [0.2, 0.25) is 0 Å². The van der Waals surface area contributed by atoms with Gasteiger partial charge in [0.15, 0.2) is 0 Å². The van der Waals surface area contributed by atoms with Crippen LogP contribution in [0.15, 0.2) is 35.0 Å². The minimum absolute atomic E-state index is 0.0259. The first kappa shape index (κ1) is 13.4. The molecule has 3 rings (SSSR count). The van der Waals surface area contributed by atoms with Gasteiger partial charge in [0.2, 0.25) is 5.91 Å². The lowest BCUT2D eigenvalue weighted by Crippen LogP contribution is -2.41. The zero-order chi connectivity index (χ0) is 13.9. The zero-order valence-corrected chi connectivity index (χ0v) is 11.7. The maximum atomic E-state index is 12.8. The fraction of sp³-hybridized carbons (Fsp3) is 0.562. The Hall–Kier alpha value is -1.55. The third-order valence-corrected chi connectivity index (χ3v) is 4.39. The Bertz CT molecular complexity index is 475. The van der Waals surface area contributed by atoms with Crippen LogP contribution in [0.1, 0.15) is 37.9 Å². The van der Waals surface area contributed by atoms with Gasteiger partial charge in [0.05, 0.1) is 18.7 Å². The minimum Gasteiger partial charge on any atom is -0.467 e. The van der Waals surface area contributed by atoms with Gasteiger partial charge in [0, 0.05) is 12.1 Å². The van der Waals surface area contributed by atoms with Crippen LogP contribution in [-0.4, -0.2) is 22.9 Å². The van der Waals surface area contributed by atoms with Gasteiger partial charge in [-0.2, -0.15) is 0 Å². The fourth-order valence-corrected chi connectivity index (χ4v) is 3.30. The highest BCUT2D eigenvalue weighted by molar-refractivity contribution is 5.81. The lowest BCUT2D eigenvalue weighted by molar-refractivity contribution is -0.137. The molecule has 2 N–H and O–H groups in total. The van der Waals surface area contributed by atoms with E-state index in [-0.39, 0.29) is 17.9 Å². The molecule has 108 valence electrons. The molecule has 4 heteroatoms. The van der Waals surface area contributed by atoms with Gasteiger partial charge in [-0.1, -0.05) is 25.0 Å². The van der Waals surface area contributed by atoms with Gasteiger partial charge in [-0.25, -0.2) is 0 Å². The summed E-state index contributed by atoms with van der Waals surface area (Å²) in [6, 6.07) is 4.19. The van der Waals surface area contributed by atoms with Crippen LogP contribution in [0.25, 0.3) is 0 Å². The summed E-state index contributed by atoms with van der Waals surface area (Å²) in [5, 5.41) is 0. The first-order chi connectivity index (χ1) is 9.74. The van der Waals surface area contributed by atoms with E-state index < -0.39 is 0 Å². The fourth-order valence-electron chi connectivity index (χ4n) is 3.30. The predicted octanol–water partition coefficient (Wildman–Crippen LogP) is 2.45. The van der Waals surface area contributed by atoms with Crippen LogP contribution in [0.4, 0.5) is 0 Å². The molecule has 1 aromatic rings. The topological polar surface area (TPSA) is 59.5 Å². The summed E-state index contributed by atoms with van der Waals surface area (Å²) >= 11 is 0. The van der Waals surface area contributed by atoms with Crippen molar-refractivity contribution in [3.05, 3.63) is 36.3 Å². The van der Waals surface area contributed by atoms with Crippen LogP contribution >= 0.6 is 0 Å². The Morgan fingerprint density at radius 2 is 2.15 bits per heavy atom. The van der Waals surface area contributed by atoms with Gasteiger partial charge in [0.25, 0.3) is 0 Å². The van der Waals surface area contributed by atoms with E-state index >= 15 is 0 Å². The van der Waals surface area contributed by atoms with Gasteiger partial charge >= 0.3 is 0 Å². The molecule has 2 atom stereocenters. The summed E-state index contributed by atoms with van der Waals surface area (Å²) in [6.45, 7) is 0.579. The van der Waals surface area contributed by atoms with Crippen molar-refractivity contribution in [2.45, 2.75) is 50.7 Å². The predicted molar refractivity (Wildman–Crippen MR) is 76.7 cm³/mol. The molecule has 1 heterocycles. The highest BCUT2D eigenvalue weighted by Gasteiger charge is 2.33. The number of amides is 1. The highest BCUT2D eigenvalue weighted by atomic mass is 16.3. The molecule has 2 unspecified atom stereocenters. The van der Waals surface area contributed by atoms with Crippen LogP contribution in [-0.2, 0) is 11.3 Å². The van der Waals surface area contributed by atoms with Crippen LogP contribution < -0.4 is 5.73 Å². The molecule has 0 bridgehead atoms. The largest absolute Gasteiger partial charge is 0.467 e. The van der Waals surface area contributed by atoms with Crippen molar-refractivity contribution in [2.75, 3.05) is 0 Å². The Kier molecular flexibility index (Phi) is 3.92. The second-order valence-corrected chi connectivity index (χ2v) is 5.87. The molecular weight excluding hydrogens is 252 g/mol. The van der Waals surface area contributed by atoms with Crippen molar-refractivity contribution >= 4 is 5.91 Å². The molecule has 0 aromatic carbocycles. The monoisotopic (exact) mass is 274 g/mol. The van der Waals surface area contributed by atoms with E-state index in [4.69, 9.17) is 10.2 Å². The molecule has 4 nitrogen and oxygen atoms in total. The molecule has 20 heavy (non-hydrogen) atoms. The van der Waals surface area contributed by atoms with Crippen molar-refractivity contribution < 1.29 is 9.21 Å². The maximum absolute atomic E-state index is 12.8. The number of hydrogen-bond acceptors (Lipinski definition) is 3. The molecule has 1 amide bonds. The van der Waals surface area contributed by atoms with E-state index in [1.165, 1.54) is 12.8 Å². The molecule has 0 spiro atoms. The maximum Gasteiger partial charge on any atom is 0.230 e. The third kappa shape index (κ3) is 2.80. The van der Waals surface area contributed by atoms with Crippen LogP contribution in [0.3, 0.4) is 0 Å². The molecule has 1 aromatic heterocycles. The number of carbonyl (C=O) groups is 1. The van der Waals surface area contributed by atoms with Crippen LogP contribution in [0.5, 0.6) is 0 Å². The Morgan fingerprint density at radius 1 is 1.35 bits per heavy atom. The van der Waals surface area contributed by atoms with E-state index in [2.05, 4.69) is 0 Å². The van der Waals surface area contributed by atoms with Crippen LogP contribution in [0, 0.1) is 5.92 Å². The molecule has 0 saturated heterocycles. The molecule has 0 aliphatic heterocycles. The highest BCUT2D eigenvalue weighted by Crippen LogP contribution is 2.29. The quantitative estimate of drug-likeness (QED) is 0.858. The summed E-state index contributed by atoms with van der Waals surface area (Å²) < 4.78 is 5.42. The Labute approximate surface area is 119 Å². The summed E-state index contributed by atoms with van der Waals surface area (Å²) in [6.07, 6.45) is 11.0. The molecule has 1 saturated carbocycles. The van der Waals surface area contributed by atoms with E-state index in [9.17, 15) is 4.79 Å². The third-order valence-electron chi connectivity index (χ3n) is 4.39. The molecular formula is C16H22N2O2. The van der Waals surface area contributed by atoms with Gasteiger partial charge in [-0.15, -0.1) is 0 Å².